The van der Waals surface area contributed by atoms with Gasteiger partial charge in [0.05, 0.1) is 12.2 Å². The zero-order chi connectivity index (χ0) is 16.2. The average molecular weight is 309 g/mol. The first-order chi connectivity index (χ1) is 11.1. The zero-order valence-corrected chi connectivity index (χ0v) is 13.2. The SMILES string of the molecule is Cc1ccc(C)c(OCC(=O)NCc2cn3ccccc3n2)c1. The lowest BCUT2D eigenvalue weighted by atomic mass is 10.1. The lowest BCUT2D eigenvalue weighted by Gasteiger charge is -2.09. The molecular formula is C18H19N3O2. The topological polar surface area (TPSA) is 55.6 Å². The lowest BCUT2D eigenvalue weighted by molar-refractivity contribution is -0.123. The zero-order valence-electron chi connectivity index (χ0n) is 13.2. The second-order valence-electron chi connectivity index (χ2n) is 5.53. The van der Waals surface area contributed by atoms with Crippen LogP contribution in [0.2, 0.25) is 0 Å². The number of pyridine rings is 1. The first-order valence-corrected chi connectivity index (χ1v) is 7.51. The Morgan fingerprint density at radius 1 is 1.26 bits per heavy atom. The number of fused-ring (bicyclic) bond motifs is 1. The van der Waals surface area contributed by atoms with Crippen LogP contribution in [0.3, 0.4) is 0 Å². The van der Waals surface area contributed by atoms with E-state index in [-0.39, 0.29) is 12.5 Å². The molecule has 1 N–H and O–H groups in total. The monoisotopic (exact) mass is 309 g/mol. The van der Waals surface area contributed by atoms with Gasteiger partial charge in [-0.2, -0.15) is 0 Å². The van der Waals surface area contributed by atoms with E-state index in [1.165, 1.54) is 0 Å². The third kappa shape index (κ3) is 3.69. The molecule has 0 aliphatic rings. The summed E-state index contributed by atoms with van der Waals surface area (Å²) in [6.07, 6.45) is 3.83. The minimum absolute atomic E-state index is 0.00232. The second kappa shape index (κ2) is 6.52. The van der Waals surface area contributed by atoms with Gasteiger partial charge in [-0.1, -0.05) is 18.2 Å². The summed E-state index contributed by atoms with van der Waals surface area (Å²) in [5, 5.41) is 2.82. The van der Waals surface area contributed by atoms with Gasteiger partial charge in [0.15, 0.2) is 6.61 Å². The van der Waals surface area contributed by atoms with E-state index in [2.05, 4.69) is 10.3 Å². The largest absolute Gasteiger partial charge is 0.483 e. The summed E-state index contributed by atoms with van der Waals surface area (Å²) in [6, 6.07) is 11.7. The molecule has 0 aliphatic heterocycles. The fourth-order valence-corrected chi connectivity index (χ4v) is 2.32. The summed E-state index contributed by atoms with van der Waals surface area (Å²) < 4.78 is 7.51. The molecule has 0 saturated carbocycles. The molecule has 5 nitrogen and oxygen atoms in total. The van der Waals surface area contributed by atoms with E-state index in [1.54, 1.807) is 0 Å². The molecule has 0 spiro atoms. The maximum absolute atomic E-state index is 11.9. The summed E-state index contributed by atoms with van der Waals surface area (Å²) in [5.41, 5.74) is 3.80. The van der Waals surface area contributed by atoms with Gasteiger partial charge in [-0.3, -0.25) is 4.79 Å². The van der Waals surface area contributed by atoms with Gasteiger partial charge in [0, 0.05) is 12.4 Å². The molecule has 0 atom stereocenters. The maximum Gasteiger partial charge on any atom is 0.258 e. The van der Waals surface area contributed by atoms with E-state index in [9.17, 15) is 4.79 Å². The van der Waals surface area contributed by atoms with Crippen molar-refractivity contribution < 1.29 is 9.53 Å². The van der Waals surface area contributed by atoms with E-state index in [0.29, 0.717) is 6.54 Å². The number of imidazole rings is 1. The predicted molar refractivity (Wildman–Crippen MR) is 88.4 cm³/mol. The van der Waals surface area contributed by atoms with Crippen LogP contribution in [0, 0.1) is 13.8 Å². The summed E-state index contributed by atoms with van der Waals surface area (Å²) in [4.78, 5) is 16.4. The number of ether oxygens (including phenoxy) is 1. The highest BCUT2D eigenvalue weighted by molar-refractivity contribution is 5.77. The third-order valence-corrected chi connectivity index (χ3v) is 3.58. The Balaban J connectivity index is 1.54. The molecule has 5 heteroatoms. The normalized spacial score (nSPS) is 10.7. The second-order valence-corrected chi connectivity index (χ2v) is 5.53. The van der Waals surface area contributed by atoms with Gasteiger partial charge < -0.3 is 14.5 Å². The Hall–Kier alpha value is -2.82. The number of nitrogens with zero attached hydrogens (tertiary/aromatic N) is 2. The highest BCUT2D eigenvalue weighted by Gasteiger charge is 2.07. The molecule has 2 aromatic heterocycles. The van der Waals surface area contributed by atoms with E-state index in [1.807, 2.05) is 67.0 Å². The first-order valence-electron chi connectivity index (χ1n) is 7.51. The Labute approximate surface area is 134 Å². The van der Waals surface area contributed by atoms with Crippen LogP contribution in [0.25, 0.3) is 5.65 Å². The van der Waals surface area contributed by atoms with E-state index < -0.39 is 0 Å². The molecule has 0 radical (unpaired) electrons. The van der Waals surface area contributed by atoms with Crippen molar-refractivity contribution in [1.82, 2.24) is 14.7 Å². The smallest absolute Gasteiger partial charge is 0.258 e. The van der Waals surface area contributed by atoms with Crippen LogP contribution >= 0.6 is 0 Å². The Bertz CT molecular complexity index is 806. The number of rotatable bonds is 5. The molecule has 2 heterocycles. The van der Waals surface area contributed by atoms with Crippen molar-refractivity contribution in [2.75, 3.05) is 6.61 Å². The van der Waals surface area contributed by atoms with Gasteiger partial charge in [0.2, 0.25) is 0 Å². The Morgan fingerprint density at radius 3 is 2.96 bits per heavy atom. The van der Waals surface area contributed by atoms with Crippen molar-refractivity contribution in [2.45, 2.75) is 20.4 Å². The molecule has 23 heavy (non-hydrogen) atoms. The van der Waals surface area contributed by atoms with Crippen molar-refractivity contribution >= 4 is 11.6 Å². The number of carbonyl (C=O) groups excluding carboxylic acids is 1. The van der Waals surface area contributed by atoms with Crippen LogP contribution < -0.4 is 10.1 Å². The summed E-state index contributed by atoms with van der Waals surface area (Å²) in [5.74, 6) is 0.579. The molecule has 0 aliphatic carbocycles. The van der Waals surface area contributed by atoms with Crippen molar-refractivity contribution in [1.29, 1.82) is 0 Å². The molecule has 1 amide bonds. The quantitative estimate of drug-likeness (QED) is 0.788. The van der Waals surface area contributed by atoms with Crippen LogP contribution in [0.1, 0.15) is 16.8 Å². The van der Waals surface area contributed by atoms with Gasteiger partial charge in [0.1, 0.15) is 11.4 Å². The predicted octanol–water partition coefficient (Wildman–Crippen LogP) is 2.65. The minimum Gasteiger partial charge on any atom is -0.483 e. The molecule has 3 rings (SSSR count). The Kier molecular flexibility index (Phi) is 4.28. The summed E-state index contributed by atoms with van der Waals surface area (Å²) in [7, 11) is 0. The third-order valence-electron chi connectivity index (χ3n) is 3.58. The number of carbonyl (C=O) groups is 1. The fourth-order valence-electron chi connectivity index (χ4n) is 2.32. The molecule has 1 aromatic carbocycles. The summed E-state index contributed by atoms with van der Waals surface area (Å²) >= 11 is 0. The van der Waals surface area contributed by atoms with E-state index >= 15 is 0 Å². The van der Waals surface area contributed by atoms with Crippen molar-refractivity contribution in [3.63, 3.8) is 0 Å². The average Bonchev–Trinajstić information content (AvgIpc) is 2.96. The Morgan fingerprint density at radius 2 is 2.13 bits per heavy atom. The van der Waals surface area contributed by atoms with Gasteiger partial charge in [-0.25, -0.2) is 4.98 Å². The molecule has 0 bridgehead atoms. The van der Waals surface area contributed by atoms with Crippen LogP contribution in [0.5, 0.6) is 5.75 Å². The van der Waals surface area contributed by atoms with Crippen LogP contribution in [-0.4, -0.2) is 21.9 Å². The van der Waals surface area contributed by atoms with Crippen LogP contribution in [0.15, 0.2) is 48.8 Å². The molecule has 0 unspecified atom stereocenters. The highest BCUT2D eigenvalue weighted by Crippen LogP contribution is 2.18. The maximum atomic E-state index is 11.9. The standard InChI is InChI=1S/C18H19N3O2/c1-13-6-7-14(2)16(9-13)23-12-18(22)19-10-15-11-21-8-4-3-5-17(21)20-15/h3-9,11H,10,12H2,1-2H3,(H,19,22). The van der Waals surface area contributed by atoms with Gasteiger partial charge in [-0.15, -0.1) is 0 Å². The van der Waals surface area contributed by atoms with Gasteiger partial charge >= 0.3 is 0 Å². The molecular weight excluding hydrogens is 290 g/mol. The minimum atomic E-state index is -0.164. The lowest BCUT2D eigenvalue weighted by Crippen LogP contribution is -2.28. The molecule has 118 valence electrons. The number of nitrogens with one attached hydrogen (secondary N) is 1. The van der Waals surface area contributed by atoms with Crippen LogP contribution in [0.4, 0.5) is 0 Å². The van der Waals surface area contributed by atoms with E-state index in [0.717, 1.165) is 28.2 Å². The van der Waals surface area contributed by atoms with Gasteiger partial charge in [-0.05, 0) is 43.2 Å². The molecule has 3 aromatic rings. The highest BCUT2D eigenvalue weighted by atomic mass is 16.5. The number of amides is 1. The van der Waals surface area contributed by atoms with Crippen molar-refractivity contribution in [3.8, 4) is 5.75 Å². The van der Waals surface area contributed by atoms with Crippen molar-refractivity contribution in [3.05, 3.63) is 65.6 Å². The number of aromatic nitrogens is 2. The van der Waals surface area contributed by atoms with E-state index in [4.69, 9.17) is 4.74 Å². The number of hydrogen-bond donors (Lipinski definition) is 1. The van der Waals surface area contributed by atoms with Crippen LogP contribution in [-0.2, 0) is 11.3 Å². The molecule has 0 fully saturated rings. The number of benzene rings is 1. The van der Waals surface area contributed by atoms with Gasteiger partial charge in [0.25, 0.3) is 5.91 Å². The number of aryl methyl sites for hydroxylation is 2. The van der Waals surface area contributed by atoms with Crippen molar-refractivity contribution in [2.24, 2.45) is 0 Å². The fraction of sp³-hybridized carbons (Fsp3) is 0.222. The molecule has 0 saturated heterocycles. The first kappa shape index (κ1) is 15.1. The number of hydrogen-bond acceptors (Lipinski definition) is 3. The summed E-state index contributed by atoms with van der Waals surface area (Å²) in [6.45, 7) is 4.34.